The van der Waals surface area contributed by atoms with Crippen LogP contribution >= 0.6 is 0 Å². The number of hydrogen-bond acceptors (Lipinski definition) is 7. The van der Waals surface area contributed by atoms with Crippen molar-refractivity contribution in [1.82, 2.24) is 15.1 Å². The van der Waals surface area contributed by atoms with Gasteiger partial charge >= 0.3 is 12.3 Å². The molecule has 0 aliphatic carbocycles. The molecule has 1 aromatic heterocycles. The Morgan fingerprint density at radius 1 is 1.30 bits per heavy atom. The lowest BCUT2D eigenvalue weighted by Crippen LogP contribution is -2.39. The van der Waals surface area contributed by atoms with Crippen LogP contribution in [0.25, 0.3) is 0 Å². The van der Waals surface area contributed by atoms with Gasteiger partial charge in [0.25, 0.3) is 0 Å². The topological polar surface area (TPSA) is 63.9 Å². The number of para-hydroxylation sites is 1. The number of rotatable bonds is 5. The Morgan fingerprint density at radius 3 is 2.85 bits per heavy atom. The summed E-state index contributed by atoms with van der Waals surface area (Å²) in [6.45, 7) is 2.69. The quantitative estimate of drug-likeness (QED) is 0.785. The molecule has 10 heteroatoms. The number of anilines is 1. The Kier molecular flexibility index (Phi) is 4.37. The van der Waals surface area contributed by atoms with Crippen molar-refractivity contribution < 1.29 is 27.1 Å². The SMILES string of the molecule is Cc1nnc(N2C[C@@H](F)C[C@H]2CN(C)Cc2cccc3c2OC(F)(F)O3)o1. The third kappa shape index (κ3) is 3.66. The molecule has 0 saturated carbocycles. The molecule has 0 unspecified atom stereocenters. The zero-order valence-corrected chi connectivity index (χ0v) is 14.9. The average Bonchev–Trinajstić information content (AvgIpc) is 3.24. The molecular weight excluding hydrogens is 365 g/mol. The summed E-state index contributed by atoms with van der Waals surface area (Å²) in [5.74, 6) is 0.462. The molecule has 7 nitrogen and oxygen atoms in total. The minimum atomic E-state index is -3.66. The second-order valence-corrected chi connectivity index (χ2v) is 6.85. The molecule has 2 aliphatic rings. The largest absolute Gasteiger partial charge is 0.586 e. The van der Waals surface area contributed by atoms with Crippen LogP contribution in [0.15, 0.2) is 22.6 Å². The van der Waals surface area contributed by atoms with Crippen LogP contribution in [0, 0.1) is 6.92 Å². The molecule has 2 aliphatic heterocycles. The van der Waals surface area contributed by atoms with Crippen LogP contribution in [0.1, 0.15) is 17.9 Å². The van der Waals surface area contributed by atoms with Crippen molar-refractivity contribution in [2.75, 3.05) is 25.0 Å². The highest BCUT2D eigenvalue weighted by molar-refractivity contribution is 5.48. The maximum absolute atomic E-state index is 14.0. The number of aromatic nitrogens is 2. The fourth-order valence-electron chi connectivity index (χ4n) is 3.53. The molecule has 27 heavy (non-hydrogen) atoms. The van der Waals surface area contributed by atoms with E-state index in [2.05, 4.69) is 19.7 Å². The summed E-state index contributed by atoms with van der Waals surface area (Å²) in [6, 6.07) is 4.90. The fourth-order valence-corrected chi connectivity index (χ4v) is 3.53. The van der Waals surface area contributed by atoms with Gasteiger partial charge in [0.15, 0.2) is 11.5 Å². The van der Waals surface area contributed by atoms with E-state index in [1.54, 1.807) is 24.0 Å². The minimum Gasteiger partial charge on any atom is -0.408 e. The van der Waals surface area contributed by atoms with E-state index in [-0.39, 0.29) is 24.1 Å². The van der Waals surface area contributed by atoms with Crippen LogP contribution in [-0.2, 0) is 6.54 Å². The van der Waals surface area contributed by atoms with Gasteiger partial charge in [0, 0.05) is 38.0 Å². The zero-order valence-electron chi connectivity index (χ0n) is 14.9. The predicted octanol–water partition coefficient (Wildman–Crippen LogP) is 2.75. The zero-order chi connectivity index (χ0) is 19.2. The first-order chi connectivity index (χ1) is 12.8. The second kappa shape index (κ2) is 6.59. The minimum absolute atomic E-state index is 0.0125. The van der Waals surface area contributed by atoms with Gasteiger partial charge in [0.1, 0.15) is 6.17 Å². The Balaban J connectivity index is 1.45. The highest BCUT2D eigenvalue weighted by atomic mass is 19.3. The van der Waals surface area contributed by atoms with Gasteiger partial charge in [-0.05, 0) is 13.1 Å². The maximum atomic E-state index is 14.0. The molecule has 0 N–H and O–H groups in total. The summed E-state index contributed by atoms with van der Waals surface area (Å²) < 4.78 is 55.2. The summed E-state index contributed by atoms with van der Waals surface area (Å²) in [7, 11) is 1.83. The van der Waals surface area contributed by atoms with Gasteiger partial charge < -0.3 is 18.8 Å². The van der Waals surface area contributed by atoms with Crippen molar-refractivity contribution in [3.8, 4) is 11.5 Å². The molecule has 2 atom stereocenters. The number of nitrogens with zero attached hydrogens (tertiary/aromatic N) is 4. The number of ether oxygens (including phenoxy) is 2. The molecule has 0 radical (unpaired) electrons. The molecule has 0 amide bonds. The molecule has 1 aromatic carbocycles. The first kappa shape index (κ1) is 17.9. The van der Waals surface area contributed by atoms with Crippen LogP contribution < -0.4 is 14.4 Å². The summed E-state index contributed by atoms with van der Waals surface area (Å²) in [5.41, 5.74) is 0.571. The van der Waals surface area contributed by atoms with Gasteiger partial charge in [-0.15, -0.1) is 13.9 Å². The molecule has 2 aromatic rings. The second-order valence-electron chi connectivity index (χ2n) is 6.85. The van der Waals surface area contributed by atoms with E-state index in [0.717, 1.165) is 0 Å². The standard InChI is InChI=1S/C17H19F3N4O3/c1-10-21-22-16(25-10)24-8-12(18)6-13(24)9-23(2)7-11-4-3-5-14-15(11)27-17(19,20)26-14/h3-5,12-13H,6-9H2,1-2H3/t12-,13-/m0/s1. The molecule has 1 fully saturated rings. The van der Waals surface area contributed by atoms with Gasteiger partial charge in [-0.3, -0.25) is 4.90 Å². The Labute approximate surface area is 153 Å². The number of benzene rings is 1. The highest BCUT2D eigenvalue weighted by Crippen LogP contribution is 2.43. The van der Waals surface area contributed by atoms with Crippen molar-refractivity contribution in [3.63, 3.8) is 0 Å². The summed E-state index contributed by atoms with van der Waals surface area (Å²) in [5, 5.41) is 7.77. The van der Waals surface area contributed by atoms with E-state index in [9.17, 15) is 13.2 Å². The van der Waals surface area contributed by atoms with Gasteiger partial charge in [-0.25, -0.2) is 4.39 Å². The van der Waals surface area contributed by atoms with Crippen LogP contribution in [0.3, 0.4) is 0 Å². The molecule has 1 saturated heterocycles. The average molecular weight is 384 g/mol. The lowest BCUT2D eigenvalue weighted by Gasteiger charge is -2.27. The number of likely N-dealkylation sites (N-methyl/N-ethyl adjacent to an activating group) is 1. The van der Waals surface area contributed by atoms with Crippen LogP contribution in [0.5, 0.6) is 11.5 Å². The molecule has 0 spiro atoms. The first-order valence-electron chi connectivity index (χ1n) is 8.58. The number of alkyl halides is 3. The van der Waals surface area contributed by atoms with E-state index in [0.29, 0.717) is 37.0 Å². The first-order valence-corrected chi connectivity index (χ1v) is 8.58. The van der Waals surface area contributed by atoms with Crippen LogP contribution in [0.2, 0.25) is 0 Å². The molecule has 3 heterocycles. The third-order valence-corrected chi connectivity index (χ3v) is 4.60. The molecular formula is C17H19F3N4O3. The van der Waals surface area contributed by atoms with Crippen molar-refractivity contribution in [3.05, 3.63) is 29.7 Å². The fraction of sp³-hybridized carbons (Fsp3) is 0.529. The third-order valence-electron chi connectivity index (χ3n) is 4.60. The lowest BCUT2D eigenvalue weighted by molar-refractivity contribution is -0.287. The van der Waals surface area contributed by atoms with Crippen LogP contribution in [0.4, 0.5) is 19.2 Å². The smallest absolute Gasteiger partial charge is 0.408 e. The molecule has 4 rings (SSSR count). The van der Waals surface area contributed by atoms with Crippen LogP contribution in [-0.4, -0.2) is 53.7 Å². The van der Waals surface area contributed by atoms with Gasteiger partial charge in [-0.2, -0.15) is 0 Å². The van der Waals surface area contributed by atoms with Gasteiger partial charge in [0.05, 0.1) is 6.54 Å². The number of halogens is 3. The summed E-state index contributed by atoms with van der Waals surface area (Å²) in [6.07, 6.45) is -4.32. The number of aryl methyl sites for hydroxylation is 1. The van der Waals surface area contributed by atoms with Crippen molar-refractivity contribution in [2.24, 2.45) is 0 Å². The summed E-state index contributed by atoms with van der Waals surface area (Å²) >= 11 is 0. The lowest BCUT2D eigenvalue weighted by atomic mass is 10.1. The monoisotopic (exact) mass is 384 g/mol. The Hall–Kier alpha value is -2.49. The maximum Gasteiger partial charge on any atom is 0.586 e. The number of fused-ring (bicyclic) bond motifs is 1. The van der Waals surface area contributed by atoms with Crippen molar-refractivity contribution in [1.29, 1.82) is 0 Å². The van der Waals surface area contributed by atoms with E-state index in [1.165, 1.54) is 6.07 Å². The van der Waals surface area contributed by atoms with E-state index in [1.807, 2.05) is 11.9 Å². The van der Waals surface area contributed by atoms with Gasteiger partial charge in [-0.1, -0.05) is 17.2 Å². The highest BCUT2D eigenvalue weighted by Gasteiger charge is 2.44. The van der Waals surface area contributed by atoms with Gasteiger partial charge in [0.2, 0.25) is 5.89 Å². The number of hydrogen-bond donors (Lipinski definition) is 0. The Morgan fingerprint density at radius 2 is 2.11 bits per heavy atom. The predicted molar refractivity (Wildman–Crippen MR) is 88.7 cm³/mol. The molecule has 146 valence electrons. The Bertz CT molecular complexity index is 832. The normalized spacial score (nSPS) is 23.4. The van der Waals surface area contributed by atoms with Crippen molar-refractivity contribution in [2.45, 2.75) is 38.4 Å². The van der Waals surface area contributed by atoms with E-state index in [4.69, 9.17) is 4.42 Å². The van der Waals surface area contributed by atoms with E-state index >= 15 is 0 Å². The van der Waals surface area contributed by atoms with E-state index < -0.39 is 12.5 Å². The van der Waals surface area contributed by atoms with Crippen molar-refractivity contribution >= 4 is 6.01 Å². The summed E-state index contributed by atoms with van der Waals surface area (Å²) in [4.78, 5) is 3.67. The molecule has 0 bridgehead atoms.